The molecule has 102 valence electrons. The molecule has 0 spiro atoms. The Balaban J connectivity index is 2.03. The first-order valence-electron chi connectivity index (χ1n) is 5.76. The molecule has 20 heavy (non-hydrogen) atoms. The SMILES string of the molecule is CC(C)Sc1nnc(NC(=O)c2ccc(C#N)nc2)s1. The lowest BCUT2D eigenvalue weighted by Crippen LogP contribution is -2.12. The van der Waals surface area contributed by atoms with Gasteiger partial charge in [-0.1, -0.05) is 36.9 Å². The number of nitriles is 1. The van der Waals surface area contributed by atoms with Crippen molar-refractivity contribution in [1.29, 1.82) is 5.26 Å². The molecule has 0 atom stereocenters. The van der Waals surface area contributed by atoms with Gasteiger partial charge in [-0.25, -0.2) is 4.98 Å². The summed E-state index contributed by atoms with van der Waals surface area (Å²) in [5.74, 6) is -0.320. The number of rotatable bonds is 4. The lowest BCUT2D eigenvalue weighted by atomic mass is 10.2. The zero-order valence-electron chi connectivity index (χ0n) is 10.8. The Morgan fingerprint density at radius 3 is 2.85 bits per heavy atom. The summed E-state index contributed by atoms with van der Waals surface area (Å²) >= 11 is 2.92. The number of amides is 1. The molecule has 0 aliphatic carbocycles. The molecule has 2 aromatic rings. The van der Waals surface area contributed by atoms with Gasteiger partial charge in [0.2, 0.25) is 5.13 Å². The minimum absolute atomic E-state index is 0.271. The van der Waals surface area contributed by atoms with Gasteiger partial charge < -0.3 is 0 Å². The molecule has 0 radical (unpaired) electrons. The second-order valence-corrected chi connectivity index (χ2v) is 6.84. The topological polar surface area (TPSA) is 91.6 Å². The van der Waals surface area contributed by atoms with Crippen LogP contribution >= 0.6 is 23.1 Å². The maximum absolute atomic E-state index is 11.9. The van der Waals surface area contributed by atoms with Gasteiger partial charge in [0.25, 0.3) is 5.91 Å². The molecule has 0 unspecified atom stereocenters. The van der Waals surface area contributed by atoms with Crippen LogP contribution in [0.15, 0.2) is 22.7 Å². The van der Waals surface area contributed by atoms with Crippen LogP contribution < -0.4 is 5.32 Å². The number of aromatic nitrogens is 3. The van der Waals surface area contributed by atoms with Gasteiger partial charge in [-0.3, -0.25) is 10.1 Å². The fourth-order valence-electron chi connectivity index (χ4n) is 1.27. The normalized spacial score (nSPS) is 10.3. The monoisotopic (exact) mass is 305 g/mol. The van der Waals surface area contributed by atoms with Crippen molar-refractivity contribution in [3.8, 4) is 6.07 Å². The molecule has 2 heterocycles. The first-order valence-corrected chi connectivity index (χ1v) is 7.46. The van der Waals surface area contributed by atoms with Crippen LogP contribution in [0.25, 0.3) is 0 Å². The van der Waals surface area contributed by atoms with Crippen LogP contribution in [-0.4, -0.2) is 26.3 Å². The van der Waals surface area contributed by atoms with Crippen molar-refractivity contribution in [3.63, 3.8) is 0 Å². The van der Waals surface area contributed by atoms with Crippen molar-refractivity contribution in [2.24, 2.45) is 0 Å². The highest BCUT2D eigenvalue weighted by molar-refractivity contribution is 8.01. The fourth-order valence-corrected chi connectivity index (χ4v) is 3.24. The van der Waals surface area contributed by atoms with Gasteiger partial charge in [-0.15, -0.1) is 10.2 Å². The van der Waals surface area contributed by atoms with E-state index in [9.17, 15) is 4.79 Å². The summed E-state index contributed by atoms with van der Waals surface area (Å²) in [7, 11) is 0. The summed E-state index contributed by atoms with van der Waals surface area (Å²) in [4.78, 5) is 15.8. The van der Waals surface area contributed by atoms with E-state index in [1.807, 2.05) is 6.07 Å². The molecule has 1 amide bonds. The van der Waals surface area contributed by atoms with E-state index in [2.05, 4.69) is 34.3 Å². The molecule has 6 nitrogen and oxygen atoms in total. The van der Waals surface area contributed by atoms with Gasteiger partial charge in [0.05, 0.1) is 5.56 Å². The zero-order chi connectivity index (χ0) is 14.5. The van der Waals surface area contributed by atoms with Crippen molar-refractivity contribution in [1.82, 2.24) is 15.2 Å². The van der Waals surface area contributed by atoms with Crippen LogP contribution in [0.2, 0.25) is 0 Å². The maximum atomic E-state index is 11.9. The Kier molecular flexibility index (Phi) is 4.65. The van der Waals surface area contributed by atoms with Gasteiger partial charge in [-0.2, -0.15) is 5.26 Å². The number of nitrogens with zero attached hydrogens (tertiary/aromatic N) is 4. The molecular formula is C12H11N5OS2. The summed E-state index contributed by atoms with van der Waals surface area (Å²) in [6.45, 7) is 4.12. The van der Waals surface area contributed by atoms with Gasteiger partial charge in [0.15, 0.2) is 4.34 Å². The Labute approximate surface area is 124 Å². The van der Waals surface area contributed by atoms with Crippen LogP contribution in [0.4, 0.5) is 5.13 Å². The van der Waals surface area contributed by atoms with Crippen molar-refractivity contribution in [2.45, 2.75) is 23.4 Å². The number of carbonyl (C=O) groups is 1. The van der Waals surface area contributed by atoms with Crippen molar-refractivity contribution in [3.05, 3.63) is 29.6 Å². The molecule has 8 heteroatoms. The van der Waals surface area contributed by atoms with E-state index in [0.29, 0.717) is 15.9 Å². The largest absolute Gasteiger partial charge is 0.296 e. The highest BCUT2D eigenvalue weighted by Gasteiger charge is 2.11. The number of pyridine rings is 1. The van der Waals surface area contributed by atoms with Gasteiger partial charge >= 0.3 is 0 Å². The lowest BCUT2D eigenvalue weighted by molar-refractivity contribution is 0.102. The fraction of sp³-hybridized carbons (Fsp3) is 0.250. The molecule has 0 aliphatic heterocycles. The van der Waals surface area contributed by atoms with Crippen molar-refractivity contribution >= 4 is 34.1 Å². The van der Waals surface area contributed by atoms with E-state index in [-0.39, 0.29) is 11.6 Å². The van der Waals surface area contributed by atoms with Crippen molar-refractivity contribution in [2.75, 3.05) is 5.32 Å². The molecule has 0 fully saturated rings. The van der Waals surface area contributed by atoms with E-state index < -0.39 is 0 Å². The molecule has 0 bridgehead atoms. The van der Waals surface area contributed by atoms with E-state index in [1.54, 1.807) is 17.8 Å². The average Bonchev–Trinajstić information content (AvgIpc) is 2.85. The molecule has 0 aromatic carbocycles. The zero-order valence-corrected chi connectivity index (χ0v) is 12.5. The molecule has 0 aliphatic rings. The minimum atomic E-state index is -0.320. The second-order valence-electron chi connectivity index (χ2n) is 4.04. The highest BCUT2D eigenvalue weighted by atomic mass is 32.2. The van der Waals surface area contributed by atoms with Crippen LogP contribution in [-0.2, 0) is 0 Å². The Morgan fingerprint density at radius 1 is 1.45 bits per heavy atom. The number of thioether (sulfide) groups is 1. The number of hydrogen-bond donors (Lipinski definition) is 1. The third kappa shape index (κ3) is 3.76. The van der Waals surface area contributed by atoms with Crippen LogP contribution in [0.1, 0.15) is 29.9 Å². The predicted molar refractivity (Wildman–Crippen MR) is 77.8 cm³/mol. The summed E-state index contributed by atoms with van der Waals surface area (Å²) in [5.41, 5.74) is 0.644. The van der Waals surface area contributed by atoms with Crippen LogP contribution in [0, 0.1) is 11.3 Å². The third-order valence-corrected chi connectivity index (χ3v) is 4.03. The van der Waals surface area contributed by atoms with Gasteiger partial charge in [-0.05, 0) is 12.1 Å². The predicted octanol–water partition coefficient (Wildman–Crippen LogP) is 2.56. The standard InChI is InChI=1S/C12H11N5OS2/c1-7(2)19-12-17-16-11(20-12)15-10(18)8-3-4-9(5-13)14-6-8/h3-4,6-7H,1-2H3,(H,15,16,18). The van der Waals surface area contributed by atoms with E-state index in [4.69, 9.17) is 5.26 Å². The second kappa shape index (κ2) is 6.45. The quantitative estimate of drug-likeness (QED) is 0.689. The number of anilines is 1. The van der Waals surface area contributed by atoms with E-state index >= 15 is 0 Å². The molecule has 0 saturated heterocycles. The number of carbonyl (C=O) groups excluding carboxylic acids is 1. The minimum Gasteiger partial charge on any atom is -0.296 e. The Morgan fingerprint density at radius 2 is 2.25 bits per heavy atom. The Hall–Kier alpha value is -1.98. The first-order chi connectivity index (χ1) is 9.58. The van der Waals surface area contributed by atoms with Gasteiger partial charge in [0, 0.05) is 11.4 Å². The molecule has 2 rings (SSSR count). The lowest BCUT2D eigenvalue weighted by Gasteiger charge is -2.00. The smallest absolute Gasteiger partial charge is 0.259 e. The van der Waals surface area contributed by atoms with Gasteiger partial charge in [0.1, 0.15) is 11.8 Å². The number of hydrogen-bond acceptors (Lipinski definition) is 7. The maximum Gasteiger partial charge on any atom is 0.259 e. The highest BCUT2D eigenvalue weighted by Crippen LogP contribution is 2.28. The van der Waals surface area contributed by atoms with Crippen molar-refractivity contribution < 1.29 is 4.79 Å². The van der Waals surface area contributed by atoms with Crippen LogP contribution in [0.3, 0.4) is 0 Å². The average molecular weight is 305 g/mol. The molecule has 1 N–H and O–H groups in total. The molecule has 0 saturated carbocycles. The summed E-state index contributed by atoms with van der Waals surface area (Å²) < 4.78 is 0.813. The summed E-state index contributed by atoms with van der Waals surface area (Å²) in [6.07, 6.45) is 1.36. The molecule has 2 aromatic heterocycles. The molecular weight excluding hydrogens is 294 g/mol. The third-order valence-electron chi connectivity index (χ3n) is 2.10. The van der Waals surface area contributed by atoms with E-state index in [0.717, 1.165) is 4.34 Å². The van der Waals surface area contributed by atoms with Crippen LogP contribution in [0.5, 0.6) is 0 Å². The van der Waals surface area contributed by atoms with E-state index in [1.165, 1.54) is 23.6 Å². The number of nitrogens with one attached hydrogen (secondary N) is 1. The summed E-state index contributed by atoms with van der Waals surface area (Å²) in [5, 5.41) is 20.1. The summed E-state index contributed by atoms with van der Waals surface area (Å²) in [6, 6.07) is 4.94. The Bertz CT molecular complexity index is 645. The first kappa shape index (κ1) is 14.4.